The molecule has 0 saturated carbocycles. The topological polar surface area (TPSA) is 12.9 Å². The van der Waals surface area contributed by atoms with Crippen molar-refractivity contribution in [3.63, 3.8) is 0 Å². The van der Waals surface area contributed by atoms with Gasteiger partial charge in [0, 0.05) is 17.8 Å². The molecule has 0 fully saturated rings. The summed E-state index contributed by atoms with van der Waals surface area (Å²) in [7, 11) is 0. The Bertz CT molecular complexity index is 422. The van der Waals surface area contributed by atoms with E-state index in [1.54, 1.807) is 6.20 Å². The summed E-state index contributed by atoms with van der Waals surface area (Å²) < 4.78 is 0. The van der Waals surface area contributed by atoms with E-state index < -0.39 is 0 Å². The smallest absolute Gasteiger partial charge is 0.0346 e. The summed E-state index contributed by atoms with van der Waals surface area (Å²) in [5.74, 6) is 0. The fourth-order valence-electron chi connectivity index (χ4n) is 1.54. The number of pyridine rings is 1. The minimum atomic E-state index is 0.139. The zero-order valence-electron chi connectivity index (χ0n) is 9.14. The Morgan fingerprint density at radius 3 is 2.80 bits per heavy atom. The van der Waals surface area contributed by atoms with Crippen molar-refractivity contribution in [3.8, 4) is 0 Å². The lowest BCUT2D eigenvalue weighted by Crippen LogP contribution is -2.00. The molecule has 0 radical (unpaired) electrons. The van der Waals surface area contributed by atoms with Gasteiger partial charge in [-0.15, -0.1) is 0 Å². The van der Waals surface area contributed by atoms with Gasteiger partial charge in [-0.05, 0) is 17.2 Å². The van der Waals surface area contributed by atoms with Crippen LogP contribution in [0, 0.1) is 5.41 Å². The summed E-state index contributed by atoms with van der Waals surface area (Å²) in [4.78, 5) is 4.13. The molecule has 0 N–H and O–H groups in total. The van der Waals surface area contributed by atoms with Crippen molar-refractivity contribution in [3.05, 3.63) is 60.5 Å². The van der Waals surface area contributed by atoms with Gasteiger partial charge in [0.2, 0.25) is 0 Å². The van der Waals surface area contributed by atoms with Crippen molar-refractivity contribution in [1.29, 1.82) is 0 Å². The van der Waals surface area contributed by atoms with Gasteiger partial charge < -0.3 is 0 Å². The summed E-state index contributed by atoms with van der Waals surface area (Å²) >= 11 is 0. The largest absolute Gasteiger partial charge is 0.264 e. The van der Waals surface area contributed by atoms with Crippen LogP contribution < -0.4 is 0 Å². The third-order valence-electron chi connectivity index (χ3n) is 2.49. The molecule has 2 rings (SSSR count). The molecule has 1 aromatic heterocycles. The normalized spacial score (nSPS) is 18.4. The van der Waals surface area contributed by atoms with E-state index in [0.29, 0.717) is 0 Å². The predicted molar refractivity (Wildman–Crippen MR) is 64.3 cm³/mol. The highest BCUT2D eigenvalue weighted by Gasteiger charge is 2.10. The second-order valence-corrected chi connectivity index (χ2v) is 4.38. The number of hydrogen-bond donors (Lipinski definition) is 0. The Morgan fingerprint density at radius 2 is 2.07 bits per heavy atom. The second kappa shape index (κ2) is 3.85. The van der Waals surface area contributed by atoms with Crippen molar-refractivity contribution < 1.29 is 0 Å². The first-order chi connectivity index (χ1) is 7.17. The summed E-state index contributed by atoms with van der Waals surface area (Å²) in [6.45, 7) is 4.39. The molecule has 0 spiro atoms. The Morgan fingerprint density at radius 1 is 1.20 bits per heavy atom. The van der Waals surface area contributed by atoms with E-state index in [-0.39, 0.29) is 5.41 Å². The molecule has 0 amide bonds. The van der Waals surface area contributed by atoms with Crippen LogP contribution in [-0.2, 0) is 0 Å². The molecule has 76 valence electrons. The summed E-state index contributed by atoms with van der Waals surface area (Å²) in [5.41, 5.74) is 2.52. The maximum Gasteiger partial charge on any atom is 0.0346 e. The van der Waals surface area contributed by atoms with Crippen molar-refractivity contribution in [2.24, 2.45) is 5.41 Å². The van der Waals surface area contributed by atoms with Gasteiger partial charge >= 0.3 is 0 Å². The van der Waals surface area contributed by atoms with Crippen molar-refractivity contribution in [2.45, 2.75) is 13.8 Å². The lowest BCUT2D eigenvalue weighted by Gasteiger charge is -2.12. The first-order valence-corrected chi connectivity index (χ1v) is 5.17. The minimum Gasteiger partial charge on any atom is -0.264 e. The van der Waals surface area contributed by atoms with Crippen LogP contribution >= 0.6 is 0 Å². The van der Waals surface area contributed by atoms with Gasteiger partial charge in [-0.3, -0.25) is 4.98 Å². The van der Waals surface area contributed by atoms with Gasteiger partial charge in [0.25, 0.3) is 0 Å². The van der Waals surface area contributed by atoms with E-state index >= 15 is 0 Å². The number of nitrogens with zero attached hydrogens (tertiary/aromatic N) is 1. The molecule has 1 aliphatic rings. The van der Waals surface area contributed by atoms with Crippen LogP contribution in [-0.4, -0.2) is 4.98 Å². The molecule has 1 heteroatoms. The van der Waals surface area contributed by atoms with E-state index in [1.807, 2.05) is 12.3 Å². The van der Waals surface area contributed by atoms with Gasteiger partial charge in [-0.1, -0.05) is 50.3 Å². The van der Waals surface area contributed by atoms with Gasteiger partial charge in [-0.25, -0.2) is 0 Å². The molecule has 0 bridgehead atoms. The standard InChI is InChI=1S/C14H15N/c1-14(2)8-3-5-12(7-9-14)13-6-4-10-15-11-13/h3-11H,1-2H3. The van der Waals surface area contributed by atoms with Crippen molar-refractivity contribution >= 4 is 5.57 Å². The zero-order chi connectivity index (χ0) is 10.7. The van der Waals surface area contributed by atoms with E-state index in [0.717, 1.165) is 5.56 Å². The van der Waals surface area contributed by atoms with Crippen LogP contribution in [0.1, 0.15) is 19.4 Å². The van der Waals surface area contributed by atoms with Gasteiger partial charge in [0.05, 0.1) is 0 Å². The van der Waals surface area contributed by atoms with Crippen LogP contribution in [0.25, 0.3) is 5.57 Å². The Balaban J connectivity index is 2.34. The molecule has 1 heterocycles. The van der Waals surface area contributed by atoms with Crippen LogP contribution in [0.4, 0.5) is 0 Å². The van der Waals surface area contributed by atoms with E-state index in [9.17, 15) is 0 Å². The SMILES string of the molecule is CC1(C)C=CC=C(c2cccnc2)C=C1. The summed E-state index contributed by atoms with van der Waals surface area (Å²) in [6.07, 6.45) is 14.5. The van der Waals surface area contributed by atoms with Gasteiger partial charge in [0.15, 0.2) is 0 Å². The molecule has 1 nitrogen and oxygen atoms in total. The van der Waals surface area contributed by atoms with Crippen LogP contribution in [0.3, 0.4) is 0 Å². The number of aromatic nitrogens is 1. The third-order valence-corrected chi connectivity index (χ3v) is 2.49. The summed E-state index contributed by atoms with van der Waals surface area (Å²) in [5, 5.41) is 0. The molecule has 1 aliphatic carbocycles. The lowest BCUT2D eigenvalue weighted by molar-refractivity contribution is 0.627. The molecular weight excluding hydrogens is 182 g/mol. The Labute approximate surface area is 90.9 Å². The molecule has 15 heavy (non-hydrogen) atoms. The highest BCUT2D eigenvalue weighted by atomic mass is 14.6. The van der Waals surface area contributed by atoms with Crippen LogP contribution in [0.5, 0.6) is 0 Å². The average molecular weight is 197 g/mol. The maximum atomic E-state index is 4.13. The summed E-state index contributed by atoms with van der Waals surface area (Å²) in [6, 6.07) is 4.04. The third kappa shape index (κ3) is 2.44. The quantitative estimate of drug-likeness (QED) is 0.670. The number of hydrogen-bond acceptors (Lipinski definition) is 1. The maximum absolute atomic E-state index is 4.13. The molecule has 0 saturated heterocycles. The molecular formula is C14H15N. The first kappa shape index (κ1) is 9.91. The Kier molecular flexibility index (Phi) is 2.55. The van der Waals surface area contributed by atoms with E-state index in [1.165, 1.54) is 5.57 Å². The van der Waals surface area contributed by atoms with E-state index in [2.05, 4.69) is 55.3 Å². The first-order valence-electron chi connectivity index (χ1n) is 5.17. The minimum absolute atomic E-state index is 0.139. The van der Waals surface area contributed by atoms with E-state index in [4.69, 9.17) is 0 Å². The molecule has 0 atom stereocenters. The van der Waals surface area contributed by atoms with Crippen LogP contribution in [0.2, 0.25) is 0 Å². The second-order valence-electron chi connectivity index (χ2n) is 4.38. The fraction of sp³-hybridized carbons (Fsp3) is 0.214. The Hall–Kier alpha value is -1.63. The number of allylic oxidation sites excluding steroid dienone is 6. The van der Waals surface area contributed by atoms with Crippen molar-refractivity contribution in [1.82, 2.24) is 4.98 Å². The monoisotopic (exact) mass is 197 g/mol. The molecule has 0 unspecified atom stereocenters. The molecule has 1 aromatic rings. The average Bonchev–Trinajstić information content (AvgIpc) is 2.41. The van der Waals surface area contributed by atoms with Crippen molar-refractivity contribution in [2.75, 3.05) is 0 Å². The predicted octanol–water partition coefficient (Wildman–Crippen LogP) is 3.62. The zero-order valence-corrected chi connectivity index (χ0v) is 9.14. The van der Waals surface area contributed by atoms with Gasteiger partial charge in [0.1, 0.15) is 0 Å². The number of rotatable bonds is 1. The lowest BCUT2D eigenvalue weighted by atomic mass is 9.93. The highest BCUT2D eigenvalue weighted by molar-refractivity contribution is 5.75. The van der Waals surface area contributed by atoms with Crippen LogP contribution in [0.15, 0.2) is 54.9 Å². The highest BCUT2D eigenvalue weighted by Crippen LogP contribution is 2.26. The fourth-order valence-corrected chi connectivity index (χ4v) is 1.54. The molecule has 0 aliphatic heterocycles. The van der Waals surface area contributed by atoms with Gasteiger partial charge in [-0.2, -0.15) is 0 Å². The molecule has 0 aromatic carbocycles.